The van der Waals surface area contributed by atoms with Crippen LogP contribution in [0.5, 0.6) is 0 Å². The molecule has 0 saturated carbocycles. The number of nitrogens with one attached hydrogen (secondary N) is 1. The summed E-state index contributed by atoms with van der Waals surface area (Å²) in [6.07, 6.45) is 0. The van der Waals surface area contributed by atoms with Gasteiger partial charge in [-0.25, -0.2) is 4.39 Å². The molecule has 1 aromatic rings. The van der Waals surface area contributed by atoms with Gasteiger partial charge >= 0.3 is 0 Å². The summed E-state index contributed by atoms with van der Waals surface area (Å²) in [6, 6.07) is 4.76. The first-order chi connectivity index (χ1) is 8.66. The molecule has 0 radical (unpaired) electrons. The Bertz CT molecular complexity index is 397. The third-order valence-corrected chi connectivity index (χ3v) is 6.14. The Morgan fingerprint density at radius 1 is 1.50 bits per heavy atom. The van der Waals surface area contributed by atoms with Gasteiger partial charge in [-0.15, -0.1) is 0 Å². The number of rotatable bonds is 4. The molecule has 0 aliphatic carbocycles. The smallest absolute Gasteiger partial charge is 0.124 e. The van der Waals surface area contributed by atoms with E-state index >= 15 is 0 Å². The van der Waals surface area contributed by atoms with Crippen molar-refractivity contribution in [3.05, 3.63) is 34.6 Å². The summed E-state index contributed by atoms with van der Waals surface area (Å²) >= 11 is 10.1. The Labute approximate surface area is 121 Å². The van der Waals surface area contributed by atoms with Crippen LogP contribution < -0.4 is 5.32 Å². The second-order valence-electron chi connectivity index (χ2n) is 4.36. The van der Waals surface area contributed by atoms with Crippen molar-refractivity contribution < 1.29 is 4.39 Å². The van der Waals surface area contributed by atoms with Gasteiger partial charge in [-0.05, 0) is 24.6 Å². The first-order valence-corrected chi connectivity index (χ1v) is 8.62. The van der Waals surface area contributed by atoms with E-state index in [2.05, 4.69) is 12.2 Å². The summed E-state index contributed by atoms with van der Waals surface area (Å²) < 4.78 is 13.0. The lowest BCUT2D eigenvalue weighted by molar-refractivity contribution is 0.573. The normalized spacial score (nSPS) is 21.8. The quantitative estimate of drug-likeness (QED) is 0.904. The Morgan fingerprint density at radius 3 is 3.00 bits per heavy atom. The molecule has 5 heteroatoms. The molecule has 0 amide bonds. The maximum Gasteiger partial charge on any atom is 0.124 e. The van der Waals surface area contributed by atoms with Crippen LogP contribution in [-0.2, 0) is 0 Å². The predicted octanol–water partition coefficient (Wildman–Crippen LogP) is 3.98. The van der Waals surface area contributed by atoms with Gasteiger partial charge in [-0.2, -0.15) is 23.5 Å². The van der Waals surface area contributed by atoms with Crippen molar-refractivity contribution in [3.63, 3.8) is 0 Å². The molecule has 18 heavy (non-hydrogen) atoms. The molecule has 2 unspecified atom stereocenters. The van der Waals surface area contributed by atoms with Crippen LogP contribution in [0.15, 0.2) is 18.2 Å². The van der Waals surface area contributed by atoms with Gasteiger partial charge in [0.05, 0.1) is 0 Å². The zero-order valence-corrected chi connectivity index (χ0v) is 12.7. The molecule has 0 spiro atoms. The highest BCUT2D eigenvalue weighted by Crippen LogP contribution is 2.26. The molecule has 2 rings (SSSR count). The van der Waals surface area contributed by atoms with E-state index in [0.29, 0.717) is 10.3 Å². The highest BCUT2D eigenvalue weighted by Gasteiger charge is 2.16. The third kappa shape index (κ3) is 4.05. The van der Waals surface area contributed by atoms with E-state index < -0.39 is 0 Å². The number of thioether (sulfide) groups is 2. The van der Waals surface area contributed by atoms with Crippen LogP contribution >= 0.6 is 35.1 Å². The summed E-state index contributed by atoms with van der Waals surface area (Å²) in [4.78, 5) is 0. The second-order valence-corrected chi connectivity index (χ2v) is 7.33. The molecule has 1 aliphatic heterocycles. The van der Waals surface area contributed by atoms with Crippen molar-refractivity contribution in [1.82, 2.24) is 5.32 Å². The van der Waals surface area contributed by atoms with Crippen LogP contribution in [-0.4, -0.2) is 29.1 Å². The molecule has 0 aromatic heterocycles. The lowest BCUT2D eigenvalue weighted by Gasteiger charge is -2.24. The number of benzene rings is 1. The zero-order chi connectivity index (χ0) is 13.0. The topological polar surface area (TPSA) is 12.0 Å². The van der Waals surface area contributed by atoms with Crippen molar-refractivity contribution in [3.8, 4) is 0 Å². The van der Waals surface area contributed by atoms with E-state index in [1.54, 1.807) is 6.07 Å². The maximum atomic E-state index is 13.0. The Balaban J connectivity index is 1.88. The van der Waals surface area contributed by atoms with Crippen molar-refractivity contribution in [1.29, 1.82) is 0 Å². The number of hydrogen-bond donors (Lipinski definition) is 1. The van der Waals surface area contributed by atoms with Crippen LogP contribution in [0.1, 0.15) is 18.5 Å². The van der Waals surface area contributed by atoms with Crippen LogP contribution in [0.25, 0.3) is 0 Å². The van der Waals surface area contributed by atoms with Gasteiger partial charge in [0.15, 0.2) is 0 Å². The molecule has 1 nitrogen and oxygen atoms in total. The van der Waals surface area contributed by atoms with Gasteiger partial charge < -0.3 is 5.32 Å². The summed E-state index contributed by atoms with van der Waals surface area (Å²) in [5.41, 5.74) is 0.964. The fourth-order valence-corrected chi connectivity index (χ4v) is 4.88. The standard InChI is InChI=1S/C13H17ClFNS2/c1-9(12-3-2-10(15)6-13(12)14)16-7-11-8-17-4-5-18-11/h2-3,6,9,11,16H,4-5,7-8H2,1H3. The SMILES string of the molecule is CC(NCC1CSCCS1)c1ccc(F)cc1Cl. The molecule has 1 fully saturated rings. The van der Waals surface area contributed by atoms with Crippen LogP contribution in [0.2, 0.25) is 5.02 Å². The van der Waals surface area contributed by atoms with Gasteiger partial charge in [0.25, 0.3) is 0 Å². The summed E-state index contributed by atoms with van der Waals surface area (Å²) in [5.74, 6) is 3.43. The van der Waals surface area contributed by atoms with Crippen molar-refractivity contribution in [2.24, 2.45) is 0 Å². The first kappa shape index (κ1) is 14.5. The molecule has 1 aliphatic rings. The van der Waals surface area contributed by atoms with Gasteiger partial charge in [0.2, 0.25) is 0 Å². The average molecular weight is 306 g/mol. The highest BCUT2D eigenvalue weighted by atomic mass is 35.5. The lowest BCUT2D eigenvalue weighted by atomic mass is 10.1. The summed E-state index contributed by atoms with van der Waals surface area (Å²) in [7, 11) is 0. The van der Waals surface area contributed by atoms with Crippen LogP contribution in [0, 0.1) is 5.82 Å². The van der Waals surface area contributed by atoms with Crippen molar-refractivity contribution in [2.75, 3.05) is 23.8 Å². The second kappa shape index (κ2) is 7.04. The van der Waals surface area contributed by atoms with E-state index in [1.807, 2.05) is 23.5 Å². The minimum atomic E-state index is -0.282. The fraction of sp³-hybridized carbons (Fsp3) is 0.538. The lowest BCUT2D eigenvalue weighted by Crippen LogP contribution is -2.30. The van der Waals surface area contributed by atoms with Crippen LogP contribution in [0.3, 0.4) is 0 Å². The van der Waals surface area contributed by atoms with Crippen molar-refractivity contribution in [2.45, 2.75) is 18.2 Å². The molecular formula is C13H17ClFNS2. The summed E-state index contributed by atoms with van der Waals surface area (Å²) in [6.45, 7) is 3.05. The zero-order valence-electron chi connectivity index (χ0n) is 10.3. The number of halogens is 2. The van der Waals surface area contributed by atoms with E-state index in [0.717, 1.165) is 12.1 Å². The molecule has 1 saturated heterocycles. The maximum absolute atomic E-state index is 13.0. The monoisotopic (exact) mass is 305 g/mol. The fourth-order valence-electron chi connectivity index (χ4n) is 1.93. The molecule has 1 aromatic carbocycles. The molecule has 1 N–H and O–H groups in total. The molecular weight excluding hydrogens is 289 g/mol. The molecule has 1 heterocycles. The first-order valence-electron chi connectivity index (χ1n) is 6.04. The number of hydrogen-bond acceptors (Lipinski definition) is 3. The Kier molecular flexibility index (Phi) is 5.67. The largest absolute Gasteiger partial charge is 0.309 e. The van der Waals surface area contributed by atoms with E-state index in [1.165, 1.54) is 29.4 Å². The van der Waals surface area contributed by atoms with Crippen LogP contribution in [0.4, 0.5) is 4.39 Å². The van der Waals surface area contributed by atoms with Gasteiger partial charge in [0, 0.05) is 40.1 Å². The molecule has 100 valence electrons. The third-order valence-electron chi connectivity index (χ3n) is 2.97. The van der Waals surface area contributed by atoms with E-state index in [-0.39, 0.29) is 11.9 Å². The summed E-state index contributed by atoms with van der Waals surface area (Å²) in [5, 5.41) is 4.66. The van der Waals surface area contributed by atoms with Gasteiger partial charge in [0.1, 0.15) is 5.82 Å². The van der Waals surface area contributed by atoms with E-state index in [9.17, 15) is 4.39 Å². The minimum Gasteiger partial charge on any atom is -0.309 e. The molecule has 0 bridgehead atoms. The Morgan fingerprint density at radius 2 is 2.33 bits per heavy atom. The average Bonchev–Trinajstić information content (AvgIpc) is 2.37. The predicted molar refractivity (Wildman–Crippen MR) is 81.4 cm³/mol. The van der Waals surface area contributed by atoms with E-state index in [4.69, 9.17) is 11.6 Å². The van der Waals surface area contributed by atoms with Gasteiger partial charge in [-0.3, -0.25) is 0 Å². The minimum absolute atomic E-state index is 0.158. The van der Waals surface area contributed by atoms with Gasteiger partial charge in [-0.1, -0.05) is 17.7 Å². The Hall–Kier alpha value is 0.1000. The molecule has 2 atom stereocenters. The highest BCUT2D eigenvalue weighted by molar-refractivity contribution is 8.06. The van der Waals surface area contributed by atoms with Crippen molar-refractivity contribution >= 4 is 35.1 Å².